The lowest BCUT2D eigenvalue weighted by Crippen LogP contribution is -2.45. The molecule has 0 saturated carbocycles. The number of nitrogens with one attached hydrogen (secondary N) is 1. The summed E-state index contributed by atoms with van der Waals surface area (Å²) in [5.74, 6) is -0.225. The Hall–Kier alpha value is -2.65. The number of hydrogen-bond acceptors (Lipinski definition) is 5. The lowest BCUT2D eigenvalue weighted by atomic mass is 9.81. The number of nitro groups is 1. The van der Waals surface area contributed by atoms with Gasteiger partial charge in [0.1, 0.15) is 0 Å². The fourth-order valence-electron chi connectivity index (χ4n) is 3.86. The van der Waals surface area contributed by atoms with Crippen LogP contribution in [-0.2, 0) is 16.6 Å². The number of hydrogen-bond donors (Lipinski definition) is 1. The molecular weight excluding hydrogens is 466 g/mol. The standard InChI is InChI=1S/C23H30ClN3O5S/c1-22(2,3)15-23(4,5)25-21(28)17-9-7-16(8-10-17)14-26(33(6,31)32)20-13-18(27(29)30)11-12-19(20)24/h7-13H,14-15H2,1-6H3,(H,25,28). The summed E-state index contributed by atoms with van der Waals surface area (Å²) in [6, 6.07) is 10.2. The van der Waals surface area contributed by atoms with E-state index in [0.717, 1.165) is 23.0 Å². The Labute approximate surface area is 200 Å². The molecule has 0 aromatic heterocycles. The third kappa shape index (κ3) is 7.71. The first-order valence-corrected chi connectivity index (χ1v) is 12.5. The number of rotatable bonds is 8. The second kappa shape index (κ2) is 9.69. The van der Waals surface area contributed by atoms with E-state index in [-0.39, 0.29) is 34.3 Å². The maximum absolute atomic E-state index is 12.7. The largest absolute Gasteiger partial charge is 0.347 e. The van der Waals surface area contributed by atoms with Gasteiger partial charge in [-0.2, -0.15) is 0 Å². The first-order chi connectivity index (χ1) is 15.0. The van der Waals surface area contributed by atoms with E-state index in [0.29, 0.717) is 11.1 Å². The average Bonchev–Trinajstić information content (AvgIpc) is 2.63. The molecule has 0 unspecified atom stereocenters. The Bertz CT molecular complexity index is 1140. The molecule has 0 radical (unpaired) electrons. The van der Waals surface area contributed by atoms with Gasteiger partial charge in [0.15, 0.2) is 0 Å². The molecule has 0 heterocycles. The summed E-state index contributed by atoms with van der Waals surface area (Å²) in [6.45, 7) is 10.2. The highest BCUT2D eigenvalue weighted by molar-refractivity contribution is 7.92. The number of nitrogens with zero attached hydrogens (tertiary/aromatic N) is 2. The molecule has 1 amide bonds. The summed E-state index contributed by atoms with van der Waals surface area (Å²) in [6.07, 6.45) is 1.79. The van der Waals surface area contributed by atoms with Crippen LogP contribution in [0, 0.1) is 15.5 Å². The van der Waals surface area contributed by atoms with Crippen molar-refractivity contribution >= 4 is 38.9 Å². The number of carbonyl (C=O) groups is 1. The molecule has 0 aliphatic rings. The van der Waals surface area contributed by atoms with E-state index >= 15 is 0 Å². The summed E-state index contributed by atoms with van der Waals surface area (Å²) in [4.78, 5) is 23.2. The summed E-state index contributed by atoms with van der Waals surface area (Å²) >= 11 is 6.16. The van der Waals surface area contributed by atoms with Crippen molar-refractivity contribution in [3.8, 4) is 0 Å². The second-order valence-electron chi connectivity index (χ2n) is 9.93. The van der Waals surface area contributed by atoms with Gasteiger partial charge in [-0.3, -0.25) is 19.2 Å². The van der Waals surface area contributed by atoms with Gasteiger partial charge in [-0.05, 0) is 49.4 Å². The predicted molar refractivity (Wildman–Crippen MR) is 131 cm³/mol. The number of carbonyl (C=O) groups excluding carboxylic acids is 1. The van der Waals surface area contributed by atoms with Crippen LogP contribution in [0.4, 0.5) is 11.4 Å². The highest BCUT2D eigenvalue weighted by Gasteiger charge is 2.27. The molecule has 2 aromatic carbocycles. The van der Waals surface area contributed by atoms with Crippen molar-refractivity contribution in [1.82, 2.24) is 5.32 Å². The summed E-state index contributed by atoms with van der Waals surface area (Å²) in [5.41, 5.74) is 0.421. The van der Waals surface area contributed by atoms with Gasteiger partial charge in [0.25, 0.3) is 11.6 Å². The Balaban J connectivity index is 2.27. The molecule has 0 saturated heterocycles. The van der Waals surface area contributed by atoms with Crippen LogP contribution < -0.4 is 9.62 Å². The lowest BCUT2D eigenvalue weighted by molar-refractivity contribution is -0.384. The van der Waals surface area contributed by atoms with Crippen LogP contribution in [0.3, 0.4) is 0 Å². The maximum Gasteiger partial charge on any atom is 0.271 e. The van der Waals surface area contributed by atoms with Crippen LogP contribution in [0.5, 0.6) is 0 Å². The minimum Gasteiger partial charge on any atom is -0.347 e. The highest BCUT2D eigenvalue weighted by Crippen LogP contribution is 2.33. The van der Waals surface area contributed by atoms with Crippen molar-refractivity contribution < 1.29 is 18.1 Å². The van der Waals surface area contributed by atoms with E-state index in [1.54, 1.807) is 24.3 Å². The van der Waals surface area contributed by atoms with E-state index in [1.165, 1.54) is 12.1 Å². The average molecular weight is 496 g/mol. The van der Waals surface area contributed by atoms with Crippen LogP contribution in [0.1, 0.15) is 57.0 Å². The quantitative estimate of drug-likeness (QED) is 0.401. The van der Waals surface area contributed by atoms with E-state index in [9.17, 15) is 23.3 Å². The molecular formula is C23H30ClN3O5S. The maximum atomic E-state index is 12.7. The molecule has 0 spiro atoms. The van der Waals surface area contributed by atoms with Gasteiger partial charge >= 0.3 is 0 Å². The number of nitro benzene ring substituents is 1. The smallest absolute Gasteiger partial charge is 0.271 e. The zero-order valence-electron chi connectivity index (χ0n) is 19.7. The first kappa shape index (κ1) is 26.6. The van der Waals surface area contributed by atoms with Gasteiger partial charge in [0.2, 0.25) is 10.0 Å². The second-order valence-corrected chi connectivity index (χ2v) is 12.2. The molecule has 2 aromatic rings. The van der Waals surface area contributed by atoms with Crippen LogP contribution in [0.15, 0.2) is 42.5 Å². The molecule has 33 heavy (non-hydrogen) atoms. The Morgan fingerprint density at radius 3 is 2.15 bits per heavy atom. The molecule has 0 aliphatic carbocycles. The van der Waals surface area contributed by atoms with Gasteiger partial charge in [-0.1, -0.05) is 44.5 Å². The van der Waals surface area contributed by atoms with Crippen molar-refractivity contribution in [2.45, 2.75) is 53.1 Å². The van der Waals surface area contributed by atoms with Gasteiger partial charge < -0.3 is 5.32 Å². The fraction of sp³-hybridized carbons (Fsp3) is 0.435. The van der Waals surface area contributed by atoms with E-state index in [4.69, 9.17) is 11.6 Å². The van der Waals surface area contributed by atoms with Gasteiger partial charge in [0.05, 0.1) is 28.4 Å². The molecule has 0 fully saturated rings. The number of sulfonamides is 1. The van der Waals surface area contributed by atoms with Gasteiger partial charge in [-0.15, -0.1) is 0 Å². The molecule has 2 rings (SSSR count). The molecule has 10 heteroatoms. The Morgan fingerprint density at radius 1 is 1.09 bits per heavy atom. The van der Waals surface area contributed by atoms with Gasteiger partial charge in [0, 0.05) is 23.2 Å². The summed E-state index contributed by atoms with van der Waals surface area (Å²) in [5, 5.41) is 14.2. The summed E-state index contributed by atoms with van der Waals surface area (Å²) < 4.78 is 25.9. The molecule has 0 atom stereocenters. The van der Waals surface area contributed by atoms with E-state index in [2.05, 4.69) is 26.1 Å². The number of halogens is 1. The third-order valence-electron chi connectivity index (χ3n) is 4.78. The Morgan fingerprint density at radius 2 is 1.67 bits per heavy atom. The van der Waals surface area contributed by atoms with Crippen LogP contribution in [-0.4, -0.2) is 31.0 Å². The van der Waals surface area contributed by atoms with E-state index < -0.39 is 20.5 Å². The van der Waals surface area contributed by atoms with E-state index in [1.807, 2.05) is 13.8 Å². The zero-order chi connectivity index (χ0) is 25.2. The molecule has 180 valence electrons. The number of non-ortho nitro benzene ring substituents is 1. The summed E-state index contributed by atoms with van der Waals surface area (Å²) in [7, 11) is -3.80. The third-order valence-corrected chi connectivity index (χ3v) is 6.22. The molecule has 0 bridgehead atoms. The highest BCUT2D eigenvalue weighted by atomic mass is 35.5. The molecule has 0 aliphatic heterocycles. The first-order valence-electron chi connectivity index (χ1n) is 10.3. The van der Waals surface area contributed by atoms with Crippen LogP contribution in [0.25, 0.3) is 0 Å². The monoisotopic (exact) mass is 495 g/mol. The number of benzene rings is 2. The number of anilines is 1. The SMILES string of the molecule is CC(C)(C)CC(C)(C)NC(=O)c1ccc(CN(c2cc([N+](=O)[O-])ccc2Cl)S(C)(=O)=O)cc1. The van der Waals surface area contributed by atoms with Crippen LogP contribution in [0.2, 0.25) is 5.02 Å². The molecule has 1 N–H and O–H groups in total. The molecule has 8 nitrogen and oxygen atoms in total. The minimum absolute atomic E-state index is 0.0131. The Kier molecular flexibility index (Phi) is 7.81. The minimum atomic E-state index is -3.80. The van der Waals surface area contributed by atoms with Gasteiger partial charge in [-0.25, -0.2) is 8.42 Å². The number of amides is 1. The lowest BCUT2D eigenvalue weighted by Gasteiger charge is -2.33. The van der Waals surface area contributed by atoms with Crippen LogP contribution >= 0.6 is 11.6 Å². The van der Waals surface area contributed by atoms with Crippen molar-refractivity contribution in [3.63, 3.8) is 0 Å². The van der Waals surface area contributed by atoms with Crippen molar-refractivity contribution in [2.24, 2.45) is 5.41 Å². The van der Waals surface area contributed by atoms with Crippen molar-refractivity contribution in [2.75, 3.05) is 10.6 Å². The van der Waals surface area contributed by atoms with Crippen molar-refractivity contribution in [1.29, 1.82) is 0 Å². The zero-order valence-corrected chi connectivity index (χ0v) is 21.2. The fourth-order valence-corrected chi connectivity index (χ4v) is 5.03. The topological polar surface area (TPSA) is 110 Å². The predicted octanol–water partition coefficient (Wildman–Crippen LogP) is 5.16. The normalized spacial score (nSPS) is 12.3. The van der Waals surface area contributed by atoms with Crippen molar-refractivity contribution in [3.05, 3.63) is 68.7 Å².